The molecular formula is C15H20ClNO2. The van der Waals surface area contributed by atoms with Gasteiger partial charge < -0.3 is 10.0 Å². The number of benzene rings is 1. The van der Waals surface area contributed by atoms with Crippen LogP contribution in [0.2, 0.25) is 5.02 Å². The molecule has 0 bridgehead atoms. The summed E-state index contributed by atoms with van der Waals surface area (Å²) in [5, 5.41) is 9.62. The van der Waals surface area contributed by atoms with Gasteiger partial charge in [0.15, 0.2) is 0 Å². The van der Waals surface area contributed by atoms with Gasteiger partial charge in [-0.25, -0.2) is 0 Å². The SMILES string of the molecule is CN1CC[C@H](c2ccc(Cl)cc2)[C@@H](CCC(=O)O)C1. The maximum absolute atomic E-state index is 10.8. The molecule has 0 saturated carbocycles. The Bertz CT molecular complexity index is 432. The number of likely N-dealkylation sites (tertiary alicyclic amines) is 1. The van der Waals surface area contributed by atoms with Crippen molar-refractivity contribution in [1.82, 2.24) is 4.90 Å². The number of nitrogens with zero attached hydrogens (tertiary/aromatic N) is 1. The molecule has 2 atom stereocenters. The van der Waals surface area contributed by atoms with Gasteiger partial charge in [0.2, 0.25) is 0 Å². The topological polar surface area (TPSA) is 40.5 Å². The van der Waals surface area contributed by atoms with Gasteiger partial charge in [0.25, 0.3) is 0 Å². The summed E-state index contributed by atoms with van der Waals surface area (Å²) < 4.78 is 0. The molecule has 1 aromatic rings. The summed E-state index contributed by atoms with van der Waals surface area (Å²) in [6, 6.07) is 7.99. The normalized spacial score (nSPS) is 24.3. The third kappa shape index (κ3) is 3.95. The van der Waals surface area contributed by atoms with Crippen molar-refractivity contribution in [3.8, 4) is 0 Å². The molecule has 2 rings (SSSR count). The quantitative estimate of drug-likeness (QED) is 0.921. The Kier molecular flexibility index (Phi) is 4.83. The summed E-state index contributed by atoms with van der Waals surface area (Å²) in [6.45, 7) is 2.04. The lowest BCUT2D eigenvalue weighted by molar-refractivity contribution is -0.137. The highest BCUT2D eigenvalue weighted by atomic mass is 35.5. The second-order valence-corrected chi connectivity index (χ2v) is 5.84. The molecule has 1 saturated heterocycles. The largest absolute Gasteiger partial charge is 0.481 e. The van der Waals surface area contributed by atoms with Crippen LogP contribution in [0.4, 0.5) is 0 Å². The van der Waals surface area contributed by atoms with Gasteiger partial charge in [0.05, 0.1) is 0 Å². The van der Waals surface area contributed by atoms with Crippen molar-refractivity contribution in [2.45, 2.75) is 25.2 Å². The first-order chi connectivity index (χ1) is 9.06. The molecule has 0 radical (unpaired) electrons. The van der Waals surface area contributed by atoms with Crippen molar-refractivity contribution in [2.75, 3.05) is 20.1 Å². The number of carboxylic acid groups (broad SMARTS) is 1. The fourth-order valence-corrected chi connectivity index (χ4v) is 3.09. The van der Waals surface area contributed by atoms with Crippen molar-refractivity contribution < 1.29 is 9.90 Å². The van der Waals surface area contributed by atoms with E-state index in [1.54, 1.807) is 0 Å². The number of hydrogen-bond donors (Lipinski definition) is 1. The van der Waals surface area contributed by atoms with Crippen LogP contribution in [-0.2, 0) is 4.79 Å². The molecule has 0 aliphatic carbocycles. The van der Waals surface area contributed by atoms with Crippen molar-refractivity contribution in [3.63, 3.8) is 0 Å². The first kappa shape index (κ1) is 14.4. The Morgan fingerprint density at radius 1 is 1.42 bits per heavy atom. The Morgan fingerprint density at radius 3 is 2.74 bits per heavy atom. The third-order valence-corrected chi connectivity index (χ3v) is 4.22. The maximum Gasteiger partial charge on any atom is 0.303 e. The highest BCUT2D eigenvalue weighted by molar-refractivity contribution is 6.30. The van der Waals surface area contributed by atoms with Gasteiger partial charge in [0.1, 0.15) is 0 Å². The molecule has 1 heterocycles. The molecule has 4 heteroatoms. The van der Waals surface area contributed by atoms with E-state index in [0.29, 0.717) is 11.8 Å². The van der Waals surface area contributed by atoms with Crippen LogP contribution in [0.5, 0.6) is 0 Å². The first-order valence-electron chi connectivity index (χ1n) is 6.72. The van der Waals surface area contributed by atoms with Crippen LogP contribution in [-0.4, -0.2) is 36.1 Å². The van der Waals surface area contributed by atoms with E-state index in [2.05, 4.69) is 24.1 Å². The Morgan fingerprint density at radius 2 is 2.11 bits per heavy atom. The molecular weight excluding hydrogens is 262 g/mol. The average Bonchev–Trinajstić information content (AvgIpc) is 2.38. The van der Waals surface area contributed by atoms with E-state index in [-0.39, 0.29) is 6.42 Å². The summed E-state index contributed by atoms with van der Waals surface area (Å²) in [6.07, 6.45) is 2.08. The number of hydrogen-bond acceptors (Lipinski definition) is 2. The predicted molar refractivity (Wildman–Crippen MR) is 76.7 cm³/mol. The summed E-state index contributed by atoms with van der Waals surface area (Å²) in [5.41, 5.74) is 1.29. The van der Waals surface area contributed by atoms with Gasteiger partial charge in [-0.3, -0.25) is 4.79 Å². The van der Waals surface area contributed by atoms with Gasteiger partial charge in [-0.15, -0.1) is 0 Å². The fourth-order valence-electron chi connectivity index (χ4n) is 2.96. The second-order valence-electron chi connectivity index (χ2n) is 5.40. The van der Waals surface area contributed by atoms with Crippen molar-refractivity contribution in [2.24, 2.45) is 5.92 Å². The highest BCUT2D eigenvalue weighted by Crippen LogP contribution is 2.35. The fraction of sp³-hybridized carbons (Fsp3) is 0.533. The van der Waals surface area contributed by atoms with E-state index >= 15 is 0 Å². The number of aliphatic carboxylic acids is 1. The van der Waals surface area contributed by atoms with Crippen LogP contribution < -0.4 is 0 Å². The van der Waals surface area contributed by atoms with Crippen LogP contribution >= 0.6 is 11.6 Å². The number of carboxylic acids is 1. The monoisotopic (exact) mass is 281 g/mol. The smallest absolute Gasteiger partial charge is 0.303 e. The maximum atomic E-state index is 10.8. The lowest BCUT2D eigenvalue weighted by atomic mass is 9.78. The molecule has 0 aromatic heterocycles. The first-order valence-corrected chi connectivity index (χ1v) is 7.10. The van der Waals surface area contributed by atoms with Gasteiger partial charge in [0, 0.05) is 18.0 Å². The van der Waals surface area contributed by atoms with Crippen LogP contribution in [0.1, 0.15) is 30.7 Å². The van der Waals surface area contributed by atoms with Crippen LogP contribution in [0, 0.1) is 5.92 Å². The zero-order valence-corrected chi connectivity index (χ0v) is 11.9. The van der Waals surface area contributed by atoms with Crippen molar-refractivity contribution in [1.29, 1.82) is 0 Å². The van der Waals surface area contributed by atoms with Gasteiger partial charge in [-0.2, -0.15) is 0 Å². The van der Waals surface area contributed by atoms with E-state index in [4.69, 9.17) is 16.7 Å². The molecule has 104 valence electrons. The lowest BCUT2D eigenvalue weighted by Crippen LogP contribution is -2.37. The predicted octanol–water partition coefficient (Wildman–Crippen LogP) is 3.24. The Labute approximate surface area is 119 Å². The Hall–Kier alpha value is -1.06. The molecule has 1 aliphatic heterocycles. The molecule has 0 unspecified atom stereocenters. The van der Waals surface area contributed by atoms with E-state index in [9.17, 15) is 4.79 Å². The highest BCUT2D eigenvalue weighted by Gasteiger charge is 2.29. The summed E-state index contributed by atoms with van der Waals surface area (Å²) in [4.78, 5) is 13.1. The zero-order chi connectivity index (χ0) is 13.8. The molecule has 3 nitrogen and oxygen atoms in total. The third-order valence-electron chi connectivity index (χ3n) is 3.96. The van der Waals surface area contributed by atoms with Crippen LogP contribution in [0.15, 0.2) is 24.3 Å². The number of piperidine rings is 1. The molecule has 1 N–H and O–H groups in total. The second kappa shape index (κ2) is 6.40. The minimum Gasteiger partial charge on any atom is -0.481 e. The molecule has 0 amide bonds. The molecule has 19 heavy (non-hydrogen) atoms. The molecule has 1 aliphatic rings. The van der Waals surface area contributed by atoms with Gasteiger partial charge in [-0.05, 0) is 56.0 Å². The number of halogens is 1. The summed E-state index contributed by atoms with van der Waals surface area (Å²) in [7, 11) is 2.10. The molecule has 1 fully saturated rings. The molecule has 1 aromatic carbocycles. The minimum absolute atomic E-state index is 0.253. The van der Waals surface area contributed by atoms with Crippen LogP contribution in [0.3, 0.4) is 0 Å². The van der Waals surface area contributed by atoms with E-state index < -0.39 is 5.97 Å². The Balaban J connectivity index is 2.10. The zero-order valence-electron chi connectivity index (χ0n) is 11.2. The van der Waals surface area contributed by atoms with Crippen molar-refractivity contribution >= 4 is 17.6 Å². The van der Waals surface area contributed by atoms with Crippen LogP contribution in [0.25, 0.3) is 0 Å². The van der Waals surface area contributed by atoms with E-state index in [1.165, 1.54) is 5.56 Å². The van der Waals surface area contributed by atoms with Crippen molar-refractivity contribution in [3.05, 3.63) is 34.9 Å². The number of carbonyl (C=O) groups is 1. The minimum atomic E-state index is -0.705. The van der Waals surface area contributed by atoms with E-state index in [1.807, 2.05) is 12.1 Å². The number of rotatable bonds is 4. The van der Waals surface area contributed by atoms with Gasteiger partial charge in [-0.1, -0.05) is 23.7 Å². The molecule has 0 spiro atoms. The summed E-state index contributed by atoms with van der Waals surface area (Å²) in [5.74, 6) is 0.159. The standard InChI is InChI=1S/C15H20ClNO2/c1-17-9-8-14(11-2-5-13(16)6-3-11)12(10-17)4-7-15(18)19/h2-3,5-6,12,14H,4,7-10H2,1H3,(H,18,19)/t12-,14+/m0/s1. The average molecular weight is 282 g/mol. The van der Waals surface area contributed by atoms with E-state index in [0.717, 1.165) is 31.0 Å². The van der Waals surface area contributed by atoms with Gasteiger partial charge >= 0.3 is 5.97 Å². The summed E-state index contributed by atoms with van der Waals surface area (Å²) >= 11 is 5.93. The lowest BCUT2D eigenvalue weighted by Gasteiger charge is -2.37.